The number of amides is 2. The standard InChI is InChI=1S/C17H19N3O3/c1-12-7-8-15(23-12)9-10-16(21)18-19-17(22)13-5-4-6-14(11-13)20(2)3/h4-11H,1-3H3,(H,18,21)(H,19,22)/b10-9+. The first-order chi connectivity index (χ1) is 11.0. The summed E-state index contributed by atoms with van der Waals surface area (Å²) in [4.78, 5) is 25.6. The van der Waals surface area contributed by atoms with Crippen molar-refractivity contribution in [3.05, 3.63) is 59.6 Å². The molecule has 2 rings (SSSR count). The van der Waals surface area contributed by atoms with Crippen LogP contribution in [-0.2, 0) is 4.79 Å². The Kier molecular flexibility index (Phi) is 5.19. The monoisotopic (exact) mass is 313 g/mol. The Bertz CT molecular complexity index is 732. The Hall–Kier alpha value is -3.02. The van der Waals surface area contributed by atoms with E-state index in [-0.39, 0.29) is 5.91 Å². The van der Waals surface area contributed by atoms with E-state index in [0.717, 1.165) is 11.4 Å². The number of hydrogen-bond acceptors (Lipinski definition) is 4. The number of carbonyl (C=O) groups is 2. The fourth-order valence-electron chi connectivity index (χ4n) is 1.86. The van der Waals surface area contributed by atoms with Crippen LogP contribution in [0.5, 0.6) is 0 Å². The topological polar surface area (TPSA) is 74.6 Å². The van der Waals surface area contributed by atoms with Crippen molar-refractivity contribution in [2.45, 2.75) is 6.92 Å². The van der Waals surface area contributed by atoms with Crippen molar-refractivity contribution in [1.29, 1.82) is 0 Å². The second-order valence-corrected chi connectivity index (χ2v) is 5.17. The van der Waals surface area contributed by atoms with Crippen molar-refractivity contribution >= 4 is 23.6 Å². The van der Waals surface area contributed by atoms with E-state index in [0.29, 0.717) is 11.3 Å². The van der Waals surface area contributed by atoms with E-state index in [9.17, 15) is 9.59 Å². The van der Waals surface area contributed by atoms with Crippen molar-refractivity contribution in [2.24, 2.45) is 0 Å². The summed E-state index contributed by atoms with van der Waals surface area (Å²) < 4.78 is 5.31. The first kappa shape index (κ1) is 16.4. The van der Waals surface area contributed by atoms with Gasteiger partial charge in [0.1, 0.15) is 11.5 Å². The number of carbonyl (C=O) groups excluding carboxylic acids is 2. The molecule has 0 aliphatic carbocycles. The minimum absolute atomic E-state index is 0.385. The van der Waals surface area contributed by atoms with Gasteiger partial charge in [-0.1, -0.05) is 6.07 Å². The lowest BCUT2D eigenvalue weighted by Gasteiger charge is -2.13. The second-order valence-electron chi connectivity index (χ2n) is 5.17. The molecule has 6 heteroatoms. The molecule has 0 fully saturated rings. The number of nitrogens with one attached hydrogen (secondary N) is 2. The lowest BCUT2D eigenvalue weighted by atomic mass is 10.2. The molecule has 2 aromatic rings. The lowest BCUT2D eigenvalue weighted by molar-refractivity contribution is -0.117. The third kappa shape index (κ3) is 4.74. The molecule has 0 spiro atoms. The van der Waals surface area contributed by atoms with Crippen LogP contribution in [0.3, 0.4) is 0 Å². The third-order valence-corrected chi connectivity index (χ3v) is 3.08. The molecule has 2 N–H and O–H groups in total. The van der Waals surface area contributed by atoms with Gasteiger partial charge >= 0.3 is 0 Å². The first-order valence-corrected chi connectivity index (χ1v) is 7.08. The van der Waals surface area contributed by atoms with E-state index in [1.54, 1.807) is 30.3 Å². The van der Waals surface area contributed by atoms with Crippen LogP contribution < -0.4 is 15.8 Å². The van der Waals surface area contributed by atoms with Gasteiger partial charge in [0.15, 0.2) is 0 Å². The maximum absolute atomic E-state index is 12.0. The van der Waals surface area contributed by atoms with Crippen LogP contribution in [0.4, 0.5) is 5.69 Å². The Balaban J connectivity index is 1.90. The minimum Gasteiger partial charge on any atom is -0.462 e. The van der Waals surface area contributed by atoms with E-state index in [1.165, 1.54) is 12.2 Å². The van der Waals surface area contributed by atoms with Gasteiger partial charge in [-0.05, 0) is 43.3 Å². The van der Waals surface area contributed by atoms with Gasteiger partial charge in [-0.25, -0.2) is 0 Å². The van der Waals surface area contributed by atoms with Gasteiger partial charge in [-0.2, -0.15) is 0 Å². The predicted octanol–water partition coefficient (Wildman–Crippen LogP) is 2.13. The molecule has 23 heavy (non-hydrogen) atoms. The number of aryl methyl sites for hydroxylation is 1. The first-order valence-electron chi connectivity index (χ1n) is 7.08. The molecule has 0 radical (unpaired) electrons. The van der Waals surface area contributed by atoms with E-state index in [2.05, 4.69) is 10.9 Å². The van der Waals surface area contributed by atoms with Crippen LogP contribution in [-0.4, -0.2) is 25.9 Å². The van der Waals surface area contributed by atoms with Crippen LogP contribution >= 0.6 is 0 Å². The quantitative estimate of drug-likeness (QED) is 0.670. The molecule has 6 nitrogen and oxygen atoms in total. The SMILES string of the molecule is Cc1ccc(/C=C/C(=O)NNC(=O)c2cccc(N(C)C)c2)o1. The highest BCUT2D eigenvalue weighted by Crippen LogP contribution is 2.13. The number of hydrogen-bond donors (Lipinski definition) is 2. The van der Waals surface area contributed by atoms with Gasteiger partial charge in [0, 0.05) is 31.4 Å². The summed E-state index contributed by atoms with van der Waals surface area (Å²) in [6.07, 6.45) is 2.82. The summed E-state index contributed by atoms with van der Waals surface area (Å²) in [5.41, 5.74) is 6.05. The van der Waals surface area contributed by atoms with Gasteiger partial charge in [0.2, 0.25) is 0 Å². The van der Waals surface area contributed by atoms with E-state index < -0.39 is 5.91 Å². The van der Waals surface area contributed by atoms with Gasteiger partial charge in [0.25, 0.3) is 11.8 Å². The van der Waals surface area contributed by atoms with Crippen molar-refractivity contribution in [1.82, 2.24) is 10.9 Å². The molecule has 0 bridgehead atoms. The van der Waals surface area contributed by atoms with Crippen molar-refractivity contribution in [3.8, 4) is 0 Å². The fraction of sp³-hybridized carbons (Fsp3) is 0.176. The second kappa shape index (κ2) is 7.31. The largest absolute Gasteiger partial charge is 0.462 e. The third-order valence-electron chi connectivity index (χ3n) is 3.08. The van der Waals surface area contributed by atoms with Crippen LogP contribution in [0.1, 0.15) is 21.9 Å². The molecule has 2 amide bonds. The highest BCUT2D eigenvalue weighted by molar-refractivity contribution is 5.98. The zero-order valence-electron chi connectivity index (χ0n) is 13.3. The summed E-state index contributed by atoms with van der Waals surface area (Å²) in [7, 11) is 3.78. The fourth-order valence-corrected chi connectivity index (χ4v) is 1.86. The summed E-state index contributed by atoms with van der Waals surface area (Å²) in [5, 5.41) is 0. The molecule has 0 saturated heterocycles. The summed E-state index contributed by atoms with van der Waals surface area (Å²) in [6, 6.07) is 10.6. The number of benzene rings is 1. The average Bonchev–Trinajstić information content (AvgIpc) is 2.96. The zero-order chi connectivity index (χ0) is 16.8. The Morgan fingerprint density at radius 3 is 2.57 bits per heavy atom. The normalized spacial score (nSPS) is 10.6. The predicted molar refractivity (Wildman–Crippen MR) is 88.9 cm³/mol. The van der Waals surface area contributed by atoms with Crippen LogP contribution in [0.15, 0.2) is 46.9 Å². The van der Waals surface area contributed by atoms with E-state index in [4.69, 9.17) is 4.42 Å². The lowest BCUT2D eigenvalue weighted by Crippen LogP contribution is -2.40. The van der Waals surface area contributed by atoms with Gasteiger partial charge < -0.3 is 9.32 Å². The molecule has 120 valence electrons. The van der Waals surface area contributed by atoms with Crippen molar-refractivity contribution < 1.29 is 14.0 Å². The number of anilines is 1. The van der Waals surface area contributed by atoms with E-state index >= 15 is 0 Å². The van der Waals surface area contributed by atoms with Crippen LogP contribution in [0.2, 0.25) is 0 Å². The molecule has 0 unspecified atom stereocenters. The van der Waals surface area contributed by atoms with Crippen LogP contribution in [0.25, 0.3) is 6.08 Å². The highest BCUT2D eigenvalue weighted by atomic mass is 16.3. The number of furan rings is 1. The van der Waals surface area contributed by atoms with Gasteiger partial charge in [-0.3, -0.25) is 20.4 Å². The van der Waals surface area contributed by atoms with Crippen LogP contribution in [0, 0.1) is 6.92 Å². The summed E-state index contributed by atoms with van der Waals surface area (Å²) in [6.45, 7) is 1.82. The molecule has 0 aliphatic heterocycles. The smallest absolute Gasteiger partial charge is 0.269 e. The Morgan fingerprint density at radius 1 is 1.13 bits per heavy atom. The highest BCUT2D eigenvalue weighted by Gasteiger charge is 2.07. The van der Waals surface area contributed by atoms with Crippen molar-refractivity contribution in [3.63, 3.8) is 0 Å². The number of rotatable bonds is 4. The van der Waals surface area contributed by atoms with Gasteiger partial charge in [-0.15, -0.1) is 0 Å². The maximum Gasteiger partial charge on any atom is 0.269 e. The number of nitrogens with zero attached hydrogens (tertiary/aromatic N) is 1. The van der Waals surface area contributed by atoms with Gasteiger partial charge in [0.05, 0.1) is 0 Å². The molecule has 0 aliphatic rings. The molecule has 0 atom stereocenters. The van der Waals surface area contributed by atoms with Crippen molar-refractivity contribution in [2.75, 3.05) is 19.0 Å². The van der Waals surface area contributed by atoms with E-state index in [1.807, 2.05) is 32.0 Å². The maximum atomic E-state index is 12.0. The average molecular weight is 313 g/mol. The summed E-state index contributed by atoms with van der Waals surface area (Å²) in [5.74, 6) is 0.502. The Morgan fingerprint density at radius 2 is 1.91 bits per heavy atom. The molecule has 1 aromatic carbocycles. The molecular weight excluding hydrogens is 294 g/mol. The summed E-state index contributed by atoms with van der Waals surface area (Å²) >= 11 is 0. The number of hydrazine groups is 1. The zero-order valence-corrected chi connectivity index (χ0v) is 13.3. The minimum atomic E-state index is -0.448. The molecule has 0 saturated carbocycles. The molecule has 1 aromatic heterocycles. The Labute approximate surface area is 134 Å². The molecular formula is C17H19N3O3. The molecule has 1 heterocycles.